The molecule has 29 heavy (non-hydrogen) atoms. The molecular weight excluding hydrogens is 370 g/mol. The van der Waals surface area contributed by atoms with Gasteiger partial charge in [-0.15, -0.1) is 0 Å². The zero-order valence-corrected chi connectivity index (χ0v) is 16.4. The van der Waals surface area contributed by atoms with E-state index in [0.717, 1.165) is 67.0 Å². The highest BCUT2D eigenvalue weighted by atomic mass is 16.7. The highest BCUT2D eigenvalue weighted by Crippen LogP contribution is 2.44. The van der Waals surface area contributed by atoms with Crippen LogP contribution in [0, 0.1) is 0 Å². The first-order valence-electron chi connectivity index (χ1n) is 10.4. The summed E-state index contributed by atoms with van der Waals surface area (Å²) < 4.78 is 22.5. The molecule has 2 aliphatic heterocycles. The van der Waals surface area contributed by atoms with E-state index in [-0.39, 0.29) is 12.7 Å². The molecule has 2 heterocycles. The summed E-state index contributed by atoms with van der Waals surface area (Å²) in [5.41, 5.74) is 1.15. The first-order chi connectivity index (χ1) is 14.2. The standard InChI is InChI=1S/C23H25NO5/c25-22(24-17-6-8-18-21(14-17)27-12-4-11-26-18)23(9-2-1-3-10-23)16-5-7-19-20(13-16)29-15-28-19/h5-8,13-14H,1-4,9-12,15H2,(H,24,25). The first-order valence-corrected chi connectivity index (χ1v) is 10.4. The molecule has 0 bridgehead atoms. The van der Waals surface area contributed by atoms with Crippen LogP contribution in [0.4, 0.5) is 5.69 Å². The van der Waals surface area contributed by atoms with Gasteiger partial charge in [0.05, 0.1) is 18.6 Å². The van der Waals surface area contributed by atoms with Gasteiger partial charge in [-0.3, -0.25) is 4.79 Å². The van der Waals surface area contributed by atoms with E-state index in [1.165, 1.54) is 0 Å². The van der Waals surface area contributed by atoms with Gasteiger partial charge in [0.15, 0.2) is 23.0 Å². The van der Waals surface area contributed by atoms with Gasteiger partial charge in [-0.1, -0.05) is 25.3 Å². The minimum Gasteiger partial charge on any atom is -0.490 e. The summed E-state index contributed by atoms with van der Waals surface area (Å²) in [5.74, 6) is 2.88. The Hall–Kier alpha value is -2.89. The predicted octanol–water partition coefficient (Wildman–Crippen LogP) is 4.42. The molecule has 0 aromatic heterocycles. The van der Waals surface area contributed by atoms with Gasteiger partial charge in [-0.2, -0.15) is 0 Å². The Morgan fingerprint density at radius 3 is 2.31 bits per heavy atom. The van der Waals surface area contributed by atoms with Crippen molar-refractivity contribution in [3.05, 3.63) is 42.0 Å². The number of ether oxygens (including phenoxy) is 4. The van der Waals surface area contributed by atoms with Crippen LogP contribution in [0.3, 0.4) is 0 Å². The molecule has 152 valence electrons. The fraction of sp³-hybridized carbons (Fsp3) is 0.435. The molecule has 1 N–H and O–H groups in total. The molecule has 6 heteroatoms. The van der Waals surface area contributed by atoms with E-state index in [1.807, 2.05) is 36.4 Å². The number of nitrogens with one attached hydrogen (secondary N) is 1. The summed E-state index contributed by atoms with van der Waals surface area (Å²) in [7, 11) is 0. The Morgan fingerprint density at radius 2 is 1.45 bits per heavy atom. The second-order valence-electron chi connectivity index (χ2n) is 7.88. The zero-order valence-electron chi connectivity index (χ0n) is 16.4. The van der Waals surface area contributed by atoms with E-state index < -0.39 is 5.41 Å². The SMILES string of the molecule is O=C(Nc1ccc2c(c1)OCCCO2)C1(c2ccc3c(c2)OCO3)CCCCC1. The van der Waals surface area contributed by atoms with Crippen molar-refractivity contribution in [1.29, 1.82) is 0 Å². The van der Waals surface area contributed by atoms with Crippen molar-refractivity contribution in [1.82, 2.24) is 0 Å². The van der Waals surface area contributed by atoms with Crippen LogP contribution >= 0.6 is 0 Å². The molecule has 6 nitrogen and oxygen atoms in total. The number of fused-ring (bicyclic) bond motifs is 2. The fourth-order valence-corrected chi connectivity index (χ4v) is 4.49. The topological polar surface area (TPSA) is 66.0 Å². The summed E-state index contributed by atoms with van der Waals surface area (Å²) in [5, 5.41) is 3.14. The van der Waals surface area contributed by atoms with Gasteiger partial charge in [0.2, 0.25) is 12.7 Å². The lowest BCUT2D eigenvalue weighted by molar-refractivity contribution is -0.122. The minimum atomic E-state index is -0.566. The van der Waals surface area contributed by atoms with Crippen LogP contribution < -0.4 is 24.3 Å². The molecule has 2 aromatic carbocycles. The van der Waals surface area contributed by atoms with Crippen LogP contribution in [-0.4, -0.2) is 25.9 Å². The van der Waals surface area contributed by atoms with Gasteiger partial charge >= 0.3 is 0 Å². The molecule has 0 radical (unpaired) electrons. The maximum Gasteiger partial charge on any atom is 0.235 e. The Kier molecular flexibility index (Phi) is 4.70. The van der Waals surface area contributed by atoms with Crippen molar-refractivity contribution >= 4 is 11.6 Å². The third-order valence-corrected chi connectivity index (χ3v) is 6.07. The Bertz CT molecular complexity index is 919. The summed E-state index contributed by atoms with van der Waals surface area (Å²) in [6.07, 6.45) is 5.71. The van der Waals surface area contributed by atoms with Crippen LogP contribution in [0.1, 0.15) is 44.1 Å². The quantitative estimate of drug-likeness (QED) is 0.834. The lowest BCUT2D eigenvalue weighted by Crippen LogP contribution is -2.42. The largest absolute Gasteiger partial charge is 0.490 e. The molecule has 5 rings (SSSR count). The van der Waals surface area contributed by atoms with Gasteiger partial charge < -0.3 is 24.3 Å². The molecule has 0 unspecified atom stereocenters. The van der Waals surface area contributed by atoms with Crippen molar-refractivity contribution in [2.24, 2.45) is 0 Å². The van der Waals surface area contributed by atoms with E-state index in [4.69, 9.17) is 18.9 Å². The van der Waals surface area contributed by atoms with E-state index >= 15 is 0 Å². The first kappa shape index (κ1) is 18.2. The van der Waals surface area contributed by atoms with Gasteiger partial charge in [0.1, 0.15) is 0 Å². The number of hydrogen-bond acceptors (Lipinski definition) is 5. The van der Waals surface area contributed by atoms with E-state index in [2.05, 4.69) is 5.32 Å². The smallest absolute Gasteiger partial charge is 0.235 e. The predicted molar refractivity (Wildman–Crippen MR) is 108 cm³/mol. The average Bonchev–Trinajstić information content (AvgIpc) is 3.11. The monoisotopic (exact) mass is 395 g/mol. The third kappa shape index (κ3) is 3.37. The van der Waals surface area contributed by atoms with Crippen molar-refractivity contribution < 1.29 is 23.7 Å². The minimum absolute atomic E-state index is 0.0190. The highest BCUT2D eigenvalue weighted by molar-refractivity contribution is 5.99. The van der Waals surface area contributed by atoms with Crippen LogP contribution in [-0.2, 0) is 10.2 Å². The van der Waals surface area contributed by atoms with E-state index in [1.54, 1.807) is 0 Å². The van der Waals surface area contributed by atoms with Crippen LogP contribution in [0.25, 0.3) is 0 Å². The van der Waals surface area contributed by atoms with Crippen molar-refractivity contribution in [3.63, 3.8) is 0 Å². The molecule has 0 spiro atoms. The maximum atomic E-state index is 13.6. The highest BCUT2D eigenvalue weighted by Gasteiger charge is 2.42. The fourth-order valence-electron chi connectivity index (χ4n) is 4.49. The summed E-state index contributed by atoms with van der Waals surface area (Å²) in [6, 6.07) is 11.5. The Labute approximate surface area is 170 Å². The zero-order chi connectivity index (χ0) is 19.7. The Morgan fingerprint density at radius 1 is 0.759 bits per heavy atom. The molecule has 1 saturated carbocycles. The van der Waals surface area contributed by atoms with Crippen molar-refractivity contribution in [2.75, 3.05) is 25.3 Å². The van der Waals surface area contributed by atoms with E-state index in [0.29, 0.717) is 19.0 Å². The molecule has 1 aliphatic carbocycles. The van der Waals surface area contributed by atoms with Crippen molar-refractivity contribution in [3.8, 4) is 23.0 Å². The summed E-state index contributed by atoms with van der Waals surface area (Å²) in [4.78, 5) is 13.6. The maximum absolute atomic E-state index is 13.6. The van der Waals surface area contributed by atoms with Gasteiger partial charge in [0, 0.05) is 18.2 Å². The molecule has 2 aromatic rings. The number of amides is 1. The molecule has 1 fully saturated rings. The third-order valence-electron chi connectivity index (χ3n) is 6.07. The van der Waals surface area contributed by atoms with Crippen molar-refractivity contribution in [2.45, 2.75) is 43.9 Å². The average molecular weight is 395 g/mol. The molecule has 0 atom stereocenters. The van der Waals surface area contributed by atoms with Crippen LogP contribution in [0.15, 0.2) is 36.4 Å². The van der Waals surface area contributed by atoms with Gasteiger partial charge in [0.25, 0.3) is 0 Å². The van der Waals surface area contributed by atoms with Crippen LogP contribution in [0.2, 0.25) is 0 Å². The number of carbonyl (C=O) groups is 1. The van der Waals surface area contributed by atoms with E-state index in [9.17, 15) is 4.79 Å². The number of anilines is 1. The Balaban J connectivity index is 1.44. The molecule has 1 amide bonds. The number of benzene rings is 2. The summed E-state index contributed by atoms with van der Waals surface area (Å²) in [6.45, 7) is 1.49. The second-order valence-corrected chi connectivity index (χ2v) is 7.88. The van der Waals surface area contributed by atoms with Gasteiger partial charge in [-0.05, 0) is 42.7 Å². The number of carbonyl (C=O) groups excluding carboxylic acids is 1. The summed E-state index contributed by atoms with van der Waals surface area (Å²) >= 11 is 0. The molecular formula is C23H25NO5. The lowest BCUT2D eigenvalue weighted by Gasteiger charge is -2.36. The lowest BCUT2D eigenvalue weighted by atomic mass is 9.68. The van der Waals surface area contributed by atoms with Crippen LogP contribution in [0.5, 0.6) is 23.0 Å². The molecule has 0 saturated heterocycles. The van der Waals surface area contributed by atoms with Gasteiger partial charge in [-0.25, -0.2) is 0 Å². The normalized spacial score (nSPS) is 19.3. The number of hydrogen-bond donors (Lipinski definition) is 1. The second kappa shape index (κ2) is 7.50. The molecule has 3 aliphatic rings. The number of rotatable bonds is 3.